The summed E-state index contributed by atoms with van der Waals surface area (Å²) in [6.45, 7) is 3.57. The number of aryl methyl sites for hydroxylation is 2. The van der Waals surface area contributed by atoms with Crippen LogP contribution in [0, 0.1) is 13.8 Å². The number of pyridine rings is 1. The Hall–Kier alpha value is -3.87. The molecule has 0 spiro atoms. The lowest BCUT2D eigenvalue weighted by Crippen LogP contribution is -2.15. The van der Waals surface area contributed by atoms with Gasteiger partial charge in [0.05, 0.1) is 11.3 Å². The van der Waals surface area contributed by atoms with Gasteiger partial charge in [0, 0.05) is 39.7 Å². The first-order valence-corrected chi connectivity index (χ1v) is 12.2. The van der Waals surface area contributed by atoms with Crippen molar-refractivity contribution >= 4 is 34.9 Å². The van der Waals surface area contributed by atoms with E-state index in [1.807, 2.05) is 37.3 Å². The molecule has 37 heavy (non-hydrogen) atoms. The molecule has 188 valence electrons. The average molecular weight is 535 g/mol. The molecule has 0 amide bonds. The van der Waals surface area contributed by atoms with E-state index in [1.54, 1.807) is 43.3 Å². The number of aromatic amines is 1. The van der Waals surface area contributed by atoms with E-state index in [2.05, 4.69) is 10.1 Å². The quantitative estimate of drug-likeness (QED) is 0.134. The van der Waals surface area contributed by atoms with Crippen LogP contribution in [0.3, 0.4) is 0 Å². The van der Waals surface area contributed by atoms with Gasteiger partial charge in [0.1, 0.15) is 0 Å². The van der Waals surface area contributed by atoms with Crippen molar-refractivity contribution in [3.8, 4) is 11.1 Å². The van der Waals surface area contributed by atoms with Gasteiger partial charge in [-0.1, -0.05) is 64.8 Å². The van der Waals surface area contributed by atoms with Crippen LogP contribution in [0.5, 0.6) is 0 Å². The van der Waals surface area contributed by atoms with Crippen LogP contribution in [-0.4, -0.2) is 27.0 Å². The van der Waals surface area contributed by atoms with Gasteiger partial charge in [-0.2, -0.15) is 0 Å². The van der Waals surface area contributed by atoms with Crippen molar-refractivity contribution in [3.05, 3.63) is 127 Å². The maximum atomic E-state index is 11.8. The van der Waals surface area contributed by atoms with Gasteiger partial charge < -0.3 is 15.3 Å². The van der Waals surface area contributed by atoms with Gasteiger partial charge in [-0.3, -0.25) is 4.79 Å². The Labute approximate surface area is 223 Å². The first-order chi connectivity index (χ1) is 17.7. The number of hydrogen-bond acceptors (Lipinski definition) is 4. The number of benzene rings is 3. The molecule has 6 nitrogen and oxygen atoms in total. The van der Waals surface area contributed by atoms with Crippen molar-refractivity contribution < 1.29 is 15.1 Å². The standard InChI is InChI=1S/C29H24Cl2N2O4/c1-16-11-20(29(35)36)7-9-23(16)18-3-5-19(6-4-18)25(24-10-8-22(30)13-26(24)31)14-27(33-37)21-12-17(2)28(34)32-15-21/h3-13,15,25,37H,14H2,1-2H3,(H,32,34)(H,35,36)/b33-27+. The lowest BCUT2D eigenvalue weighted by Gasteiger charge is -2.21. The SMILES string of the molecule is Cc1cc(C(=O)O)ccc1-c1ccc(C(C/C(=N\O)c2c[nH]c(=O)c(C)c2)c2ccc(Cl)cc2Cl)cc1. The van der Waals surface area contributed by atoms with E-state index < -0.39 is 5.97 Å². The third-order valence-electron chi connectivity index (χ3n) is 6.38. The molecule has 1 aromatic heterocycles. The Kier molecular flexibility index (Phi) is 7.81. The molecule has 0 bridgehead atoms. The van der Waals surface area contributed by atoms with Crippen LogP contribution in [0.2, 0.25) is 10.0 Å². The summed E-state index contributed by atoms with van der Waals surface area (Å²) in [6.07, 6.45) is 1.83. The number of hydrogen-bond donors (Lipinski definition) is 3. The highest BCUT2D eigenvalue weighted by Crippen LogP contribution is 2.36. The highest BCUT2D eigenvalue weighted by Gasteiger charge is 2.22. The number of carboxylic acids is 1. The van der Waals surface area contributed by atoms with Crippen molar-refractivity contribution in [2.75, 3.05) is 0 Å². The summed E-state index contributed by atoms with van der Waals surface area (Å²) >= 11 is 12.7. The van der Waals surface area contributed by atoms with Gasteiger partial charge >= 0.3 is 5.97 Å². The van der Waals surface area contributed by atoms with E-state index in [0.29, 0.717) is 33.3 Å². The number of carboxylic acid groups (broad SMARTS) is 1. The number of H-pyrrole nitrogens is 1. The molecule has 0 aliphatic rings. The first-order valence-electron chi connectivity index (χ1n) is 11.5. The summed E-state index contributed by atoms with van der Waals surface area (Å²) in [5, 5.41) is 23.7. The fraction of sp³-hybridized carbons (Fsp3) is 0.138. The molecular weight excluding hydrogens is 511 g/mol. The van der Waals surface area contributed by atoms with Crippen molar-refractivity contribution in [1.82, 2.24) is 4.98 Å². The highest BCUT2D eigenvalue weighted by molar-refractivity contribution is 6.35. The van der Waals surface area contributed by atoms with Gasteiger partial charge in [-0.15, -0.1) is 0 Å². The topological polar surface area (TPSA) is 103 Å². The van der Waals surface area contributed by atoms with Crippen LogP contribution in [0.15, 0.2) is 82.9 Å². The third-order valence-corrected chi connectivity index (χ3v) is 6.94. The molecule has 0 fully saturated rings. The highest BCUT2D eigenvalue weighted by atomic mass is 35.5. The smallest absolute Gasteiger partial charge is 0.335 e. The minimum absolute atomic E-state index is 0.208. The van der Waals surface area contributed by atoms with Gasteiger partial charge in [0.15, 0.2) is 0 Å². The van der Waals surface area contributed by atoms with Gasteiger partial charge in [-0.05, 0) is 72.0 Å². The van der Waals surface area contributed by atoms with Crippen LogP contribution in [0.4, 0.5) is 0 Å². The molecule has 0 saturated carbocycles. The summed E-state index contributed by atoms with van der Waals surface area (Å²) in [5.41, 5.74) is 5.98. The number of rotatable bonds is 7. The summed E-state index contributed by atoms with van der Waals surface area (Å²) in [4.78, 5) is 25.8. The predicted octanol–water partition coefficient (Wildman–Crippen LogP) is 7.06. The maximum absolute atomic E-state index is 11.8. The van der Waals surface area contributed by atoms with Crippen LogP contribution in [-0.2, 0) is 0 Å². The van der Waals surface area contributed by atoms with E-state index in [0.717, 1.165) is 27.8 Å². The molecule has 1 heterocycles. The van der Waals surface area contributed by atoms with Crippen molar-refractivity contribution in [2.24, 2.45) is 5.16 Å². The molecule has 0 aliphatic heterocycles. The van der Waals surface area contributed by atoms with Crippen LogP contribution in [0.25, 0.3) is 11.1 Å². The molecule has 4 rings (SSSR count). The van der Waals surface area contributed by atoms with Crippen molar-refractivity contribution in [2.45, 2.75) is 26.2 Å². The molecule has 1 atom stereocenters. The number of nitrogens with zero attached hydrogens (tertiary/aromatic N) is 1. The number of aromatic carboxylic acids is 1. The number of nitrogens with one attached hydrogen (secondary N) is 1. The van der Waals surface area contributed by atoms with Gasteiger partial charge in [0.2, 0.25) is 0 Å². The average Bonchev–Trinajstić information content (AvgIpc) is 2.87. The maximum Gasteiger partial charge on any atom is 0.335 e. The zero-order valence-electron chi connectivity index (χ0n) is 20.1. The zero-order chi connectivity index (χ0) is 26.7. The van der Waals surface area contributed by atoms with E-state index in [9.17, 15) is 19.9 Å². The van der Waals surface area contributed by atoms with E-state index in [-0.39, 0.29) is 17.0 Å². The number of aromatic nitrogens is 1. The minimum atomic E-state index is -0.966. The third kappa shape index (κ3) is 5.77. The number of halogens is 2. The Morgan fingerprint density at radius 3 is 2.24 bits per heavy atom. The van der Waals surface area contributed by atoms with Crippen LogP contribution in [0.1, 0.15) is 50.5 Å². The second kappa shape index (κ2) is 11.0. The number of carbonyl (C=O) groups is 1. The second-order valence-electron chi connectivity index (χ2n) is 8.83. The Balaban J connectivity index is 1.74. The monoisotopic (exact) mass is 534 g/mol. The van der Waals surface area contributed by atoms with Crippen molar-refractivity contribution in [1.29, 1.82) is 0 Å². The number of oxime groups is 1. The molecular formula is C29H24Cl2N2O4. The zero-order valence-corrected chi connectivity index (χ0v) is 21.6. The van der Waals surface area contributed by atoms with E-state index in [1.165, 1.54) is 6.20 Å². The van der Waals surface area contributed by atoms with Crippen molar-refractivity contribution in [3.63, 3.8) is 0 Å². The fourth-order valence-electron chi connectivity index (χ4n) is 4.38. The molecule has 0 saturated heterocycles. The minimum Gasteiger partial charge on any atom is -0.478 e. The summed E-state index contributed by atoms with van der Waals surface area (Å²) < 4.78 is 0. The summed E-state index contributed by atoms with van der Waals surface area (Å²) in [7, 11) is 0. The fourth-order valence-corrected chi connectivity index (χ4v) is 4.92. The van der Waals surface area contributed by atoms with Crippen LogP contribution < -0.4 is 5.56 Å². The first kappa shape index (κ1) is 26.2. The normalized spacial score (nSPS) is 12.4. The van der Waals surface area contributed by atoms with Gasteiger partial charge in [-0.25, -0.2) is 4.79 Å². The molecule has 0 radical (unpaired) electrons. The summed E-state index contributed by atoms with van der Waals surface area (Å²) in [6, 6.07) is 19.9. The molecule has 4 aromatic rings. The Morgan fingerprint density at radius 1 is 0.946 bits per heavy atom. The largest absolute Gasteiger partial charge is 0.478 e. The van der Waals surface area contributed by atoms with E-state index >= 15 is 0 Å². The Bertz CT molecular complexity index is 1560. The van der Waals surface area contributed by atoms with E-state index in [4.69, 9.17) is 23.2 Å². The summed E-state index contributed by atoms with van der Waals surface area (Å²) in [5.74, 6) is -1.25. The molecule has 3 aromatic carbocycles. The molecule has 3 N–H and O–H groups in total. The van der Waals surface area contributed by atoms with Crippen LogP contribution >= 0.6 is 23.2 Å². The second-order valence-corrected chi connectivity index (χ2v) is 9.67. The van der Waals surface area contributed by atoms with Gasteiger partial charge in [0.25, 0.3) is 5.56 Å². The molecule has 0 aliphatic carbocycles. The lowest BCUT2D eigenvalue weighted by atomic mass is 9.84. The molecule has 1 unspecified atom stereocenters. The molecule has 8 heteroatoms. The Morgan fingerprint density at radius 2 is 1.65 bits per heavy atom. The lowest BCUT2D eigenvalue weighted by molar-refractivity contribution is 0.0697. The predicted molar refractivity (Wildman–Crippen MR) is 147 cm³/mol.